The first-order valence-electron chi connectivity index (χ1n) is 10.2. The van der Waals surface area contributed by atoms with Crippen LogP contribution in [0.5, 0.6) is 0 Å². The minimum Gasteiger partial charge on any atom is -0.0654 e. The van der Waals surface area contributed by atoms with Crippen molar-refractivity contribution < 1.29 is 0 Å². The molecule has 0 radical (unpaired) electrons. The molecule has 0 nitrogen and oxygen atoms in total. The van der Waals surface area contributed by atoms with Gasteiger partial charge in [0.25, 0.3) is 0 Å². The van der Waals surface area contributed by atoms with Gasteiger partial charge in [0.1, 0.15) is 0 Å². The van der Waals surface area contributed by atoms with E-state index in [9.17, 15) is 0 Å². The fourth-order valence-electron chi connectivity index (χ4n) is 4.19. The summed E-state index contributed by atoms with van der Waals surface area (Å²) in [5.74, 6) is 0. The molecule has 0 unspecified atom stereocenters. The maximum Gasteiger partial charge on any atom is -0.00549 e. The van der Waals surface area contributed by atoms with Crippen LogP contribution >= 0.6 is 0 Å². The number of unbranched alkanes of at least 4 members (excludes halogenated alkanes) is 1. The third-order valence-electron chi connectivity index (χ3n) is 6.19. The summed E-state index contributed by atoms with van der Waals surface area (Å²) in [5.41, 5.74) is 13.5. The van der Waals surface area contributed by atoms with Crippen LogP contribution in [0.15, 0.2) is 29.8 Å². The minimum atomic E-state index is 0.200. The smallest absolute Gasteiger partial charge is 0.00549 e. The number of hydrogen-bond donors (Lipinski definition) is 0. The summed E-state index contributed by atoms with van der Waals surface area (Å²) in [5, 5.41) is 0. The van der Waals surface area contributed by atoms with Crippen LogP contribution in [-0.4, -0.2) is 0 Å². The molecule has 1 aliphatic rings. The van der Waals surface area contributed by atoms with Gasteiger partial charge in [0, 0.05) is 0 Å². The zero-order chi connectivity index (χ0) is 19.1. The lowest BCUT2D eigenvalue weighted by molar-refractivity contribution is 0.590. The molecular formula is C26H34. The van der Waals surface area contributed by atoms with E-state index < -0.39 is 0 Å². The first-order chi connectivity index (χ1) is 12.2. The van der Waals surface area contributed by atoms with Crippen LogP contribution in [0, 0.1) is 20.8 Å². The average molecular weight is 347 g/mol. The first-order valence-corrected chi connectivity index (χ1v) is 10.2. The normalized spacial score (nSPS) is 13.7. The molecule has 0 amide bonds. The van der Waals surface area contributed by atoms with Crippen LogP contribution in [0.3, 0.4) is 0 Å². The van der Waals surface area contributed by atoms with E-state index in [0.717, 1.165) is 6.42 Å². The lowest BCUT2D eigenvalue weighted by Gasteiger charge is -2.21. The molecule has 0 heteroatoms. The summed E-state index contributed by atoms with van der Waals surface area (Å²) in [4.78, 5) is 0. The highest BCUT2D eigenvalue weighted by Crippen LogP contribution is 2.41. The zero-order valence-corrected chi connectivity index (χ0v) is 17.7. The molecule has 0 aromatic heterocycles. The van der Waals surface area contributed by atoms with E-state index in [1.807, 2.05) is 0 Å². The van der Waals surface area contributed by atoms with Crippen molar-refractivity contribution in [1.29, 1.82) is 0 Å². The standard InChI is InChI=1S/C26H34/c1-8-9-10-20-15-23-18(3)17(2)19(4)25(24(23)16-20)21-11-13-22(14-12-21)26(5,6)7/h11-14,16H,8-10,15H2,1-7H3. The quantitative estimate of drug-likeness (QED) is 0.532. The Balaban J connectivity index is 2.12. The summed E-state index contributed by atoms with van der Waals surface area (Å²) >= 11 is 0. The number of allylic oxidation sites excluding steroid dienone is 1. The van der Waals surface area contributed by atoms with Crippen molar-refractivity contribution in [2.24, 2.45) is 0 Å². The number of fused-ring (bicyclic) bond motifs is 1. The highest BCUT2D eigenvalue weighted by Gasteiger charge is 2.23. The number of rotatable bonds is 4. The van der Waals surface area contributed by atoms with E-state index >= 15 is 0 Å². The van der Waals surface area contributed by atoms with Crippen molar-refractivity contribution in [3.05, 3.63) is 63.2 Å². The van der Waals surface area contributed by atoms with E-state index in [-0.39, 0.29) is 5.41 Å². The number of hydrogen-bond acceptors (Lipinski definition) is 0. The second-order valence-electron chi connectivity index (χ2n) is 9.05. The largest absolute Gasteiger partial charge is 0.0654 e. The van der Waals surface area contributed by atoms with Crippen molar-refractivity contribution in [3.8, 4) is 11.1 Å². The molecule has 0 saturated heterocycles. The van der Waals surface area contributed by atoms with Crippen LogP contribution < -0.4 is 0 Å². The lowest BCUT2D eigenvalue weighted by Crippen LogP contribution is -2.10. The first kappa shape index (κ1) is 19.0. The summed E-state index contributed by atoms with van der Waals surface area (Å²) in [6, 6.07) is 9.28. The molecule has 0 aliphatic heterocycles. The third kappa shape index (κ3) is 3.39. The molecule has 2 aromatic rings. The van der Waals surface area contributed by atoms with Gasteiger partial charge in [-0.1, -0.05) is 70.0 Å². The van der Waals surface area contributed by atoms with Crippen molar-refractivity contribution in [2.75, 3.05) is 0 Å². The molecule has 3 rings (SSSR count). The van der Waals surface area contributed by atoms with Gasteiger partial charge in [0.05, 0.1) is 0 Å². The average Bonchev–Trinajstić information content (AvgIpc) is 3.02. The Bertz CT molecular complexity index is 839. The Labute approximate surface area is 160 Å². The van der Waals surface area contributed by atoms with Gasteiger partial charge in [-0.2, -0.15) is 0 Å². The van der Waals surface area contributed by atoms with Gasteiger partial charge < -0.3 is 0 Å². The third-order valence-corrected chi connectivity index (χ3v) is 6.19. The van der Waals surface area contributed by atoms with Crippen LogP contribution in [0.4, 0.5) is 0 Å². The monoisotopic (exact) mass is 346 g/mol. The van der Waals surface area contributed by atoms with Gasteiger partial charge in [-0.05, 0) is 90.0 Å². The summed E-state index contributed by atoms with van der Waals surface area (Å²) in [7, 11) is 0. The van der Waals surface area contributed by atoms with Gasteiger partial charge in [-0.15, -0.1) is 0 Å². The van der Waals surface area contributed by atoms with Gasteiger partial charge in [0.15, 0.2) is 0 Å². The topological polar surface area (TPSA) is 0 Å². The molecular weight excluding hydrogens is 312 g/mol. The minimum absolute atomic E-state index is 0.200. The van der Waals surface area contributed by atoms with E-state index in [2.05, 4.69) is 78.8 Å². The molecule has 26 heavy (non-hydrogen) atoms. The Morgan fingerprint density at radius 1 is 0.885 bits per heavy atom. The predicted molar refractivity (Wildman–Crippen MR) is 116 cm³/mol. The van der Waals surface area contributed by atoms with Crippen LogP contribution in [0.2, 0.25) is 0 Å². The fourth-order valence-corrected chi connectivity index (χ4v) is 4.19. The maximum absolute atomic E-state index is 2.50. The molecule has 0 bridgehead atoms. The zero-order valence-electron chi connectivity index (χ0n) is 17.7. The van der Waals surface area contributed by atoms with Gasteiger partial charge in [-0.3, -0.25) is 0 Å². The molecule has 1 aliphatic carbocycles. The molecule has 0 saturated carbocycles. The highest BCUT2D eigenvalue weighted by molar-refractivity contribution is 5.85. The lowest BCUT2D eigenvalue weighted by atomic mass is 9.83. The Kier molecular flexibility index (Phi) is 5.15. The Morgan fingerprint density at radius 3 is 2.12 bits per heavy atom. The van der Waals surface area contributed by atoms with Crippen molar-refractivity contribution in [1.82, 2.24) is 0 Å². The van der Waals surface area contributed by atoms with Crippen LogP contribution in [0.1, 0.15) is 80.3 Å². The molecule has 2 aromatic carbocycles. The van der Waals surface area contributed by atoms with E-state index in [1.165, 1.54) is 58.2 Å². The van der Waals surface area contributed by atoms with Crippen molar-refractivity contribution >= 4 is 6.08 Å². The second-order valence-corrected chi connectivity index (χ2v) is 9.05. The highest BCUT2D eigenvalue weighted by atomic mass is 14.3. The molecule has 0 N–H and O–H groups in total. The van der Waals surface area contributed by atoms with Crippen molar-refractivity contribution in [3.63, 3.8) is 0 Å². The maximum atomic E-state index is 2.50. The second kappa shape index (κ2) is 7.06. The van der Waals surface area contributed by atoms with Gasteiger partial charge in [-0.25, -0.2) is 0 Å². The summed E-state index contributed by atoms with van der Waals surface area (Å²) < 4.78 is 0. The van der Waals surface area contributed by atoms with Crippen molar-refractivity contribution in [2.45, 2.75) is 79.6 Å². The molecule has 0 spiro atoms. The van der Waals surface area contributed by atoms with Gasteiger partial charge >= 0.3 is 0 Å². The molecule has 0 heterocycles. The number of benzene rings is 2. The fraction of sp³-hybridized carbons (Fsp3) is 0.462. The van der Waals surface area contributed by atoms with E-state index in [1.54, 1.807) is 11.1 Å². The molecule has 0 atom stereocenters. The summed E-state index contributed by atoms with van der Waals surface area (Å²) in [6.45, 7) is 16.0. The SMILES string of the molecule is CCCCC1=Cc2c(c(C)c(C)c(C)c2-c2ccc(C(C)(C)C)cc2)C1. The molecule has 138 valence electrons. The van der Waals surface area contributed by atoms with Crippen LogP contribution in [0.25, 0.3) is 17.2 Å². The summed E-state index contributed by atoms with van der Waals surface area (Å²) in [6.07, 6.45) is 7.45. The predicted octanol–water partition coefficient (Wildman–Crippen LogP) is 7.71. The van der Waals surface area contributed by atoms with Gasteiger partial charge in [0.2, 0.25) is 0 Å². The van der Waals surface area contributed by atoms with E-state index in [0.29, 0.717) is 0 Å². The van der Waals surface area contributed by atoms with E-state index in [4.69, 9.17) is 0 Å². The molecule has 0 fully saturated rings. The Hall–Kier alpha value is -1.82. The Morgan fingerprint density at radius 2 is 1.54 bits per heavy atom. The van der Waals surface area contributed by atoms with Crippen LogP contribution in [-0.2, 0) is 11.8 Å².